The Morgan fingerprint density at radius 3 is 1.15 bits per heavy atom. The molecule has 10 N–H and O–H groups in total. The van der Waals surface area contributed by atoms with Crippen molar-refractivity contribution in [2.24, 2.45) is 11.7 Å². The van der Waals surface area contributed by atoms with E-state index in [0.717, 1.165) is 51.4 Å². The summed E-state index contributed by atoms with van der Waals surface area (Å²) in [5, 5.41) is 34.6. The van der Waals surface area contributed by atoms with Crippen LogP contribution in [0, 0.1) is 0 Å². The summed E-state index contributed by atoms with van der Waals surface area (Å²) in [6.45, 7) is 0.559. The number of nitrogens with two attached hydrogens (primary N) is 2. The number of amides is 2. The lowest BCUT2D eigenvalue weighted by atomic mass is 10.1. The van der Waals surface area contributed by atoms with Gasteiger partial charge in [-0.1, -0.05) is 62.8 Å². The quantitative estimate of drug-likeness (QED) is 0.0571. The van der Waals surface area contributed by atoms with Gasteiger partial charge in [0.05, 0.1) is 24.3 Å². The third-order valence-electron chi connectivity index (χ3n) is 5.05. The van der Waals surface area contributed by atoms with Crippen LogP contribution < -0.4 is 22.5 Å². The number of aromatic hydroxyl groups is 2. The Hall–Kier alpha value is -4.56. The molecule has 14 nitrogen and oxygen atoms in total. The fraction of sp³-hybridized carbons (Fsp3) is 0.385. The number of hydrogen-bond acceptors (Lipinski definition) is 10. The highest BCUT2D eigenvalue weighted by molar-refractivity contribution is 5.96. The number of unbranched alkanes of at least 4 members (excludes halogenated alkanes) is 7. The summed E-state index contributed by atoms with van der Waals surface area (Å²) >= 11 is 0. The van der Waals surface area contributed by atoms with E-state index >= 15 is 0 Å². The van der Waals surface area contributed by atoms with Gasteiger partial charge < -0.3 is 29.9 Å². The van der Waals surface area contributed by atoms with Crippen molar-refractivity contribution in [2.75, 3.05) is 13.2 Å². The summed E-state index contributed by atoms with van der Waals surface area (Å²) in [4.78, 5) is 41.7. The second-order valence-corrected chi connectivity index (χ2v) is 8.04. The maximum absolute atomic E-state index is 10.8. The lowest BCUT2D eigenvalue weighted by molar-refractivity contribution is 0.0884. The molecular formula is C26H38N4O10. The van der Waals surface area contributed by atoms with E-state index in [2.05, 4.69) is 9.47 Å². The number of rotatable bonds is 13. The Morgan fingerprint density at radius 2 is 0.875 bits per heavy atom. The normalized spacial score (nSPS) is 9.55. The van der Waals surface area contributed by atoms with Crippen LogP contribution in [0.4, 0.5) is 9.59 Å². The van der Waals surface area contributed by atoms with Gasteiger partial charge in [0.25, 0.3) is 11.8 Å². The molecular weight excluding hydrogens is 528 g/mol. The standard InChI is InChI=1S/C12H22O6.2C7H8N2O2/c13-11(14)17-9-7-5-3-1-2-4-6-8-10-18-12(15)16;2*8-9-7(11)5-3-1-2-4-6(5)10/h1-10H2,(H,13,14)(H,15,16);2*1-4,10H,8H2,(H,9,11). The van der Waals surface area contributed by atoms with Gasteiger partial charge in [0.15, 0.2) is 0 Å². The van der Waals surface area contributed by atoms with Crippen molar-refractivity contribution in [3.05, 3.63) is 59.7 Å². The van der Waals surface area contributed by atoms with Gasteiger partial charge in [0.2, 0.25) is 0 Å². The van der Waals surface area contributed by atoms with Crippen molar-refractivity contribution in [3.63, 3.8) is 0 Å². The average Bonchev–Trinajstić information content (AvgIpc) is 2.93. The highest BCUT2D eigenvalue weighted by atomic mass is 16.7. The number of benzene rings is 2. The Labute approximate surface area is 231 Å². The average molecular weight is 567 g/mol. The SMILES string of the molecule is NNC(=O)c1ccccc1O.NNC(=O)c1ccccc1O.O=C(O)OCCCCCCCCCCOC(=O)O. The zero-order valence-electron chi connectivity index (χ0n) is 22.1. The smallest absolute Gasteiger partial charge is 0.505 e. The van der Waals surface area contributed by atoms with Gasteiger partial charge in [-0.05, 0) is 37.1 Å². The van der Waals surface area contributed by atoms with Gasteiger partial charge in [0.1, 0.15) is 11.5 Å². The van der Waals surface area contributed by atoms with Crippen LogP contribution in [0.15, 0.2) is 48.5 Å². The molecule has 2 amide bonds. The summed E-state index contributed by atoms with van der Waals surface area (Å²) in [6.07, 6.45) is 5.49. The Kier molecular flexibility index (Phi) is 19.9. The van der Waals surface area contributed by atoms with Gasteiger partial charge in [-0.2, -0.15) is 0 Å². The first-order chi connectivity index (χ1) is 19.1. The molecule has 0 unspecified atom stereocenters. The van der Waals surface area contributed by atoms with Crippen LogP contribution in [0.1, 0.15) is 72.1 Å². The number of carbonyl (C=O) groups excluding carboxylic acids is 2. The van der Waals surface area contributed by atoms with Crippen molar-refractivity contribution in [3.8, 4) is 11.5 Å². The molecule has 14 heteroatoms. The maximum Gasteiger partial charge on any atom is 0.505 e. The van der Waals surface area contributed by atoms with E-state index in [0.29, 0.717) is 0 Å². The third-order valence-corrected chi connectivity index (χ3v) is 5.05. The van der Waals surface area contributed by atoms with Crippen LogP contribution in [0.2, 0.25) is 0 Å². The monoisotopic (exact) mass is 566 g/mol. The highest BCUT2D eigenvalue weighted by Crippen LogP contribution is 2.15. The molecule has 40 heavy (non-hydrogen) atoms. The molecule has 0 aliphatic carbocycles. The van der Waals surface area contributed by atoms with E-state index in [1.54, 1.807) is 24.3 Å². The number of ether oxygens (including phenoxy) is 2. The minimum Gasteiger partial charge on any atom is -0.507 e. The zero-order valence-corrected chi connectivity index (χ0v) is 22.1. The number of carboxylic acid groups (broad SMARTS) is 2. The summed E-state index contributed by atoms with van der Waals surface area (Å²) in [6, 6.07) is 12.4. The van der Waals surface area contributed by atoms with Gasteiger partial charge in [-0.25, -0.2) is 21.3 Å². The largest absolute Gasteiger partial charge is 0.507 e. The number of nitrogens with one attached hydrogen (secondary N) is 2. The Balaban J connectivity index is 0.000000597. The summed E-state index contributed by atoms with van der Waals surface area (Å²) in [5.41, 5.74) is 4.20. The molecule has 0 heterocycles. The second-order valence-electron chi connectivity index (χ2n) is 8.04. The van der Waals surface area contributed by atoms with Crippen LogP contribution in [-0.4, -0.2) is 57.8 Å². The topological polar surface area (TPSA) is 244 Å². The van der Waals surface area contributed by atoms with Crippen LogP contribution in [0.3, 0.4) is 0 Å². The number of phenols is 2. The van der Waals surface area contributed by atoms with Crippen LogP contribution in [0.25, 0.3) is 0 Å². The van der Waals surface area contributed by atoms with E-state index < -0.39 is 24.1 Å². The lowest BCUT2D eigenvalue weighted by Crippen LogP contribution is -2.29. The first-order valence-electron chi connectivity index (χ1n) is 12.4. The number of phenolic OH excluding ortho intramolecular Hbond substituents is 2. The molecule has 0 atom stereocenters. The molecule has 0 spiro atoms. The summed E-state index contributed by atoms with van der Waals surface area (Å²) in [7, 11) is 0. The summed E-state index contributed by atoms with van der Waals surface area (Å²) in [5.74, 6) is 8.58. The lowest BCUT2D eigenvalue weighted by Gasteiger charge is -2.02. The molecule has 2 aromatic carbocycles. The third kappa shape index (κ3) is 17.8. The molecule has 0 aliphatic heterocycles. The van der Waals surface area contributed by atoms with E-state index in [-0.39, 0.29) is 35.8 Å². The van der Waals surface area contributed by atoms with Crippen molar-refractivity contribution in [1.82, 2.24) is 10.9 Å². The van der Waals surface area contributed by atoms with Crippen molar-refractivity contribution >= 4 is 24.1 Å². The molecule has 0 aromatic heterocycles. The van der Waals surface area contributed by atoms with Gasteiger partial charge in [-0.3, -0.25) is 20.4 Å². The minimum absolute atomic E-state index is 0.0737. The van der Waals surface area contributed by atoms with Crippen molar-refractivity contribution in [2.45, 2.75) is 51.4 Å². The second kappa shape index (κ2) is 22.4. The van der Waals surface area contributed by atoms with Crippen LogP contribution in [-0.2, 0) is 9.47 Å². The van der Waals surface area contributed by atoms with E-state index in [1.807, 2.05) is 10.9 Å². The van der Waals surface area contributed by atoms with Crippen molar-refractivity contribution < 1.29 is 49.1 Å². The molecule has 0 fully saturated rings. The molecule has 0 bridgehead atoms. The van der Waals surface area contributed by atoms with Crippen LogP contribution in [0.5, 0.6) is 11.5 Å². The number of carbonyl (C=O) groups is 4. The minimum atomic E-state index is -1.21. The fourth-order valence-electron chi connectivity index (χ4n) is 3.07. The molecule has 2 aromatic rings. The fourth-order valence-corrected chi connectivity index (χ4v) is 3.07. The predicted molar refractivity (Wildman–Crippen MR) is 144 cm³/mol. The first kappa shape index (κ1) is 35.4. The Morgan fingerprint density at radius 1 is 0.575 bits per heavy atom. The summed E-state index contributed by atoms with van der Waals surface area (Å²) < 4.78 is 8.78. The van der Waals surface area contributed by atoms with Crippen LogP contribution >= 0.6 is 0 Å². The zero-order chi connectivity index (χ0) is 30.2. The predicted octanol–water partition coefficient (Wildman–Crippen LogP) is 3.49. The van der Waals surface area contributed by atoms with E-state index in [4.69, 9.17) is 32.1 Å². The van der Waals surface area contributed by atoms with Gasteiger partial charge >= 0.3 is 12.3 Å². The Bertz CT molecular complexity index is 955. The van der Waals surface area contributed by atoms with Gasteiger partial charge in [-0.15, -0.1) is 0 Å². The molecule has 0 aliphatic rings. The van der Waals surface area contributed by atoms with Crippen molar-refractivity contribution in [1.29, 1.82) is 0 Å². The van der Waals surface area contributed by atoms with E-state index in [9.17, 15) is 19.2 Å². The number of hydrazine groups is 2. The number of hydrogen-bond donors (Lipinski definition) is 8. The molecule has 0 saturated carbocycles. The molecule has 2 rings (SSSR count). The number of para-hydroxylation sites is 2. The molecule has 222 valence electrons. The highest BCUT2D eigenvalue weighted by Gasteiger charge is 2.07. The maximum atomic E-state index is 10.8. The van der Waals surface area contributed by atoms with Gasteiger partial charge in [0, 0.05) is 0 Å². The van der Waals surface area contributed by atoms with E-state index in [1.165, 1.54) is 24.3 Å². The number of nitrogen functional groups attached to an aromatic ring is 2. The first-order valence-corrected chi connectivity index (χ1v) is 12.4. The molecule has 0 radical (unpaired) electrons. The molecule has 0 saturated heterocycles.